The third-order valence-electron chi connectivity index (χ3n) is 4.07. The van der Waals surface area contributed by atoms with Gasteiger partial charge in [-0.3, -0.25) is 4.90 Å². The zero-order valence-electron chi connectivity index (χ0n) is 13.4. The van der Waals surface area contributed by atoms with Crippen LogP contribution >= 0.6 is 0 Å². The lowest BCUT2D eigenvalue weighted by molar-refractivity contribution is -0.148. The summed E-state index contributed by atoms with van der Waals surface area (Å²) in [7, 11) is 3.20. The molecule has 1 fully saturated rings. The van der Waals surface area contributed by atoms with E-state index in [9.17, 15) is 13.2 Å². The first-order chi connectivity index (χ1) is 10.9. The molecule has 1 N–H and O–H groups in total. The van der Waals surface area contributed by atoms with Crippen LogP contribution in [0, 0.1) is 0 Å². The Hall–Kier alpha value is -1.47. The summed E-state index contributed by atoms with van der Waals surface area (Å²) in [4.78, 5) is 1.46. The molecule has 0 spiro atoms. The number of alkyl halides is 3. The van der Waals surface area contributed by atoms with Crippen LogP contribution in [0.15, 0.2) is 18.2 Å². The minimum atomic E-state index is -4.11. The Morgan fingerprint density at radius 2 is 1.87 bits per heavy atom. The van der Waals surface area contributed by atoms with Gasteiger partial charge in [-0.25, -0.2) is 0 Å². The van der Waals surface area contributed by atoms with Crippen molar-refractivity contribution in [3.63, 3.8) is 0 Å². The fraction of sp³-hybridized carbons (Fsp3) is 0.625. The second-order valence-electron chi connectivity index (χ2n) is 5.72. The van der Waals surface area contributed by atoms with Gasteiger partial charge in [-0.1, -0.05) is 6.07 Å². The average molecular weight is 332 g/mol. The smallest absolute Gasteiger partial charge is 0.401 e. The summed E-state index contributed by atoms with van der Waals surface area (Å²) < 4.78 is 47.6. The molecule has 0 unspecified atom stereocenters. The van der Waals surface area contributed by atoms with Crippen molar-refractivity contribution in [2.75, 3.05) is 33.9 Å². The van der Waals surface area contributed by atoms with Gasteiger partial charge in [0.15, 0.2) is 0 Å². The van der Waals surface area contributed by atoms with E-state index in [-0.39, 0.29) is 6.04 Å². The summed E-state index contributed by atoms with van der Waals surface area (Å²) in [6.45, 7) is 0.747. The summed E-state index contributed by atoms with van der Waals surface area (Å²) in [6.07, 6.45) is -2.68. The maximum Gasteiger partial charge on any atom is 0.401 e. The van der Waals surface area contributed by atoms with Gasteiger partial charge in [0.2, 0.25) is 0 Å². The van der Waals surface area contributed by atoms with E-state index < -0.39 is 12.7 Å². The second-order valence-corrected chi connectivity index (χ2v) is 5.72. The van der Waals surface area contributed by atoms with Crippen molar-refractivity contribution < 1.29 is 22.6 Å². The molecule has 0 aliphatic carbocycles. The molecule has 7 heteroatoms. The first-order valence-corrected chi connectivity index (χ1v) is 7.64. The largest absolute Gasteiger partial charge is 0.497 e. The molecule has 0 amide bonds. The Morgan fingerprint density at radius 3 is 2.43 bits per heavy atom. The van der Waals surface area contributed by atoms with Crippen molar-refractivity contribution >= 4 is 0 Å². The summed E-state index contributed by atoms with van der Waals surface area (Å²) in [5.41, 5.74) is 1.01. The van der Waals surface area contributed by atoms with Crippen LogP contribution in [-0.4, -0.2) is 51.0 Å². The topological polar surface area (TPSA) is 33.7 Å². The number of ether oxygens (including phenoxy) is 2. The van der Waals surface area contributed by atoms with Crippen LogP contribution in [0.25, 0.3) is 0 Å². The molecule has 0 aromatic heterocycles. The van der Waals surface area contributed by atoms with E-state index in [1.807, 2.05) is 18.2 Å². The van der Waals surface area contributed by atoms with Crippen molar-refractivity contribution in [1.82, 2.24) is 10.2 Å². The fourth-order valence-electron chi connectivity index (χ4n) is 2.80. The molecular formula is C16H23F3N2O2. The molecule has 23 heavy (non-hydrogen) atoms. The van der Waals surface area contributed by atoms with Crippen LogP contribution < -0.4 is 14.8 Å². The number of hydrogen-bond donors (Lipinski definition) is 1. The van der Waals surface area contributed by atoms with Gasteiger partial charge in [-0.2, -0.15) is 13.2 Å². The Morgan fingerprint density at radius 1 is 1.17 bits per heavy atom. The lowest BCUT2D eigenvalue weighted by Gasteiger charge is -2.32. The SMILES string of the molecule is COc1ccc(CNC2CCN(CC(F)(F)F)CC2)c(OC)c1. The Balaban J connectivity index is 1.81. The van der Waals surface area contributed by atoms with Crippen molar-refractivity contribution in [2.24, 2.45) is 0 Å². The highest BCUT2D eigenvalue weighted by atomic mass is 19.4. The van der Waals surface area contributed by atoms with Gasteiger partial charge in [0.05, 0.1) is 20.8 Å². The maximum atomic E-state index is 12.4. The Labute approximate surface area is 134 Å². The van der Waals surface area contributed by atoms with Crippen molar-refractivity contribution in [1.29, 1.82) is 0 Å². The fourth-order valence-corrected chi connectivity index (χ4v) is 2.80. The third kappa shape index (κ3) is 5.58. The van der Waals surface area contributed by atoms with Crippen LogP contribution in [0.5, 0.6) is 11.5 Å². The summed E-state index contributed by atoms with van der Waals surface area (Å²) in [6, 6.07) is 5.85. The molecule has 0 radical (unpaired) electrons. The molecule has 1 aromatic carbocycles. The quantitative estimate of drug-likeness (QED) is 0.869. The van der Waals surface area contributed by atoms with E-state index in [4.69, 9.17) is 9.47 Å². The summed E-state index contributed by atoms with van der Waals surface area (Å²) in [5.74, 6) is 1.47. The Kier molecular flexibility index (Phi) is 6.12. The predicted molar refractivity (Wildman–Crippen MR) is 81.9 cm³/mol. The van der Waals surface area contributed by atoms with Crippen LogP contribution in [0.1, 0.15) is 18.4 Å². The van der Waals surface area contributed by atoms with Gasteiger partial charge in [0, 0.05) is 24.2 Å². The minimum absolute atomic E-state index is 0.228. The molecule has 0 saturated carbocycles. The Bertz CT molecular complexity index is 501. The van der Waals surface area contributed by atoms with Gasteiger partial charge in [-0.05, 0) is 32.0 Å². The van der Waals surface area contributed by atoms with Crippen molar-refractivity contribution in [2.45, 2.75) is 31.6 Å². The third-order valence-corrected chi connectivity index (χ3v) is 4.07. The number of likely N-dealkylation sites (tertiary alicyclic amines) is 1. The van der Waals surface area contributed by atoms with Crippen LogP contribution in [0.2, 0.25) is 0 Å². The number of hydrogen-bond acceptors (Lipinski definition) is 4. The van der Waals surface area contributed by atoms with Gasteiger partial charge >= 0.3 is 6.18 Å². The molecule has 0 atom stereocenters. The molecule has 1 aliphatic rings. The second kappa shape index (κ2) is 7.88. The summed E-state index contributed by atoms with van der Waals surface area (Å²) in [5, 5.41) is 3.40. The average Bonchev–Trinajstić information content (AvgIpc) is 2.52. The van der Waals surface area contributed by atoms with Crippen LogP contribution in [-0.2, 0) is 6.54 Å². The molecule has 1 aromatic rings. The zero-order valence-corrected chi connectivity index (χ0v) is 13.4. The van der Waals surface area contributed by atoms with Crippen LogP contribution in [0.4, 0.5) is 13.2 Å². The van der Waals surface area contributed by atoms with E-state index in [2.05, 4.69) is 5.32 Å². The highest BCUT2D eigenvalue weighted by Crippen LogP contribution is 2.25. The van der Waals surface area contributed by atoms with E-state index in [1.165, 1.54) is 4.90 Å². The van der Waals surface area contributed by atoms with E-state index in [0.29, 0.717) is 32.5 Å². The first kappa shape index (κ1) is 17.9. The highest BCUT2D eigenvalue weighted by Gasteiger charge is 2.32. The molecule has 4 nitrogen and oxygen atoms in total. The highest BCUT2D eigenvalue weighted by molar-refractivity contribution is 5.40. The molecule has 0 bridgehead atoms. The number of benzene rings is 1. The van der Waals surface area contributed by atoms with Gasteiger partial charge in [0.25, 0.3) is 0 Å². The predicted octanol–water partition coefficient (Wildman–Crippen LogP) is 2.82. The standard InChI is InChI=1S/C16H23F3N2O2/c1-22-14-4-3-12(15(9-14)23-2)10-20-13-5-7-21(8-6-13)11-16(17,18)19/h3-4,9,13,20H,5-8,10-11H2,1-2H3. The van der Waals surface area contributed by atoms with E-state index in [1.54, 1.807) is 14.2 Å². The molecule has 1 aliphatic heterocycles. The number of nitrogens with zero attached hydrogens (tertiary/aromatic N) is 1. The normalized spacial score (nSPS) is 17.3. The number of halogens is 3. The lowest BCUT2D eigenvalue weighted by Crippen LogP contribution is -2.45. The lowest BCUT2D eigenvalue weighted by atomic mass is 10.0. The first-order valence-electron chi connectivity index (χ1n) is 7.64. The summed E-state index contributed by atoms with van der Waals surface area (Å²) >= 11 is 0. The number of rotatable bonds is 6. The van der Waals surface area contributed by atoms with Crippen LogP contribution in [0.3, 0.4) is 0 Å². The number of piperidine rings is 1. The molecule has 130 valence electrons. The maximum absolute atomic E-state index is 12.4. The van der Waals surface area contributed by atoms with E-state index >= 15 is 0 Å². The van der Waals surface area contributed by atoms with Gasteiger partial charge in [-0.15, -0.1) is 0 Å². The van der Waals surface area contributed by atoms with Crippen molar-refractivity contribution in [3.05, 3.63) is 23.8 Å². The molecule has 1 saturated heterocycles. The molecule has 1 heterocycles. The number of methoxy groups -OCH3 is 2. The van der Waals surface area contributed by atoms with E-state index in [0.717, 1.165) is 17.1 Å². The number of nitrogens with one attached hydrogen (secondary N) is 1. The molecule has 2 rings (SSSR count). The monoisotopic (exact) mass is 332 g/mol. The van der Waals surface area contributed by atoms with Crippen molar-refractivity contribution in [3.8, 4) is 11.5 Å². The van der Waals surface area contributed by atoms with Gasteiger partial charge in [0.1, 0.15) is 11.5 Å². The molecular weight excluding hydrogens is 309 g/mol. The zero-order chi connectivity index (χ0) is 16.9. The van der Waals surface area contributed by atoms with Gasteiger partial charge < -0.3 is 14.8 Å². The minimum Gasteiger partial charge on any atom is -0.497 e.